The highest BCUT2D eigenvalue weighted by Gasteiger charge is 2.30. The summed E-state index contributed by atoms with van der Waals surface area (Å²) in [5, 5.41) is 4.79. The summed E-state index contributed by atoms with van der Waals surface area (Å²) < 4.78 is 5.56. The fourth-order valence-corrected chi connectivity index (χ4v) is 3.87. The largest absolute Gasteiger partial charge is 0.380 e. The molecule has 1 aliphatic carbocycles. The SMILES string of the molecule is CC(C)CNCc1sc(N2CCCOCC2)nc1C1CC1. The van der Waals surface area contributed by atoms with Crippen molar-refractivity contribution >= 4 is 16.5 Å². The first kappa shape index (κ1) is 15.3. The highest BCUT2D eigenvalue weighted by molar-refractivity contribution is 7.15. The van der Waals surface area contributed by atoms with Crippen molar-refractivity contribution in [3.8, 4) is 0 Å². The number of hydrogen-bond donors (Lipinski definition) is 1. The lowest BCUT2D eigenvalue weighted by atomic mass is 10.2. The van der Waals surface area contributed by atoms with E-state index < -0.39 is 0 Å². The Morgan fingerprint density at radius 3 is 2.95 bits per heavy atom. The van der Waals surface area contributed by atoms with Gasteiger partial charge in [-0.1, -0.05) is 13.8 Å². The molecule has 0 atom stereocenters. The number of nitrogens with one attached hydrogen (secondary N) is 1. The van der Waals surface area contributed by atoms with Gasteiger partial charge >= 0.3 is 0 Å². The number of thiazole rings is 1. The van der Waals surface area contributed by atoms with Gasteiger partial charge in [0, 0.05) is 37.0 Å². The van der Waals surface area contributed by atoms with Crippen molar-refractivity contribution in [3.63, 3.8) is 0 Å². The van der Waals surface area contributed by atoms with E-state index in [2.05, 4.69) is 24.1 Å². The minimum atomic E-state index is 0.699. The van der Waals surface area contributed by atoms with Crippen LogP contribution in [-0.2, 0) is 11.3 Å². The fraction of sp³-hybridized carbons (Fsp3) is 0.812. The summed E-state index contributed by atoms with van der Waals surface area (Å²) in [6, 6.07) is 0. The minimum Gasteiger partial charge on any atom is -0.380 e. The van der Waals surface area contributed by atoms with Gasteiger partial charge in [0.15, 0.2) is 5.13 Å². The van der Waals surface area contributed by atoms with Crippen LogP contribution in [0.1, 0.15) is 49.6 Å². The van der Waals surface area contributed by atoms with Crippen LogP contribution in [0.4, 0.5) is 5.13 Å². The molecule has 2 aliphatic rings. The van der Waals surface area contributed by atoms with Crippen molar-refractivity contribution in [1.29, 1.82) is 0 Å². The Bertz CT molecular complexity index is 448. The van der Waals surface area contributed by atoms with E-state index >= 15 is 0 Å². The van der Waals surface area contributed by atoms with Crippen LogP contribution >= 0.6 is 11.3 Å². The first-order chi connectivity index (χ1) is 10.2. The van der Waals surface area contributed by atoms with Crippen molar-refractivity contribution in [2.75, 3.05) is 37.7 Å². The van der Waals surface area contributed by atoms with Gasteiger partial charge in [-0.05, 0) is 31.7 Å². The molecule has 1 aromatic rings. The second-order valence-electron chi connectivity index (χ2n) is 6.56. The molecule has 0 radical (unpaired) electrons. The van der Waals surface area contributed by atoms with Gasteiger partial charge in [0.2, 0.25) is 0 Å². The Hall–Kier alpha value is -0.650. The molecule has 4 nitrogen and oxygen atoms in total. The van der Waals surface area contributed by atoms with E-state index in [-0.39, 0.29) is 0 Å². The topological polar surface area (TPSA) is 37.4 Å². The van der Waals surface area contributed by atoms with Crippen molar-refractivity contribution in [2.24, 2.45) is 5.92 Å². The molecule has 1 saturated heterocycles. The Labute approximate surface area is 131 Å². The zero-order chi connectivity index (χ0) is 14.7. The molecular formula is C16H27N3OS. The molecule has 1 N–H and O–H groups in total. The third-order valence-electron chi connectivity index (χ3n) is 4.01. The Morgan fingerprint density at radius 1 is 1.33 bits per heavy atom. The van der Waals surface area contributed by atoms with Crippen LogP contribution < -0.4 is 10.2 Å². The van der Waals surface area contributed by atoms with Gasteiger partial charge in [-0.3, -0.25) is 0 Å². The standard InChI is InChI=1S/C16H27N3OS/c1-12(2)10-17-11-14-15(13-4-5-13)18-16(21-14)19-6-3-8-20-9-7-19/h12-13,17H,3-11H2,1-2H3. The van der Waals surface area contributed by atoms with E-state index in [1.54, 1.807) is 0 Å². The second-order valence-corrected chi connectivity index (χ2v) is 7.62. The van der Waals surface area contributed by atoms with Gasteiger partial charge in [-0.2, -0.15) is 0 Å². The number of nitrogens with zero attached hydrogens (tertiary/aromatic N) is 2. The predicted molar refractivity (Wildman–Crippen MR) is 88.3 cm³/mol. The molecule has 3 rings (SSSR count). The number of aromatic nitrogens is 1. The minimum absolute atomic E-state index is 0.699. The molecule has 0 bridgehead atoms. The Kier molecular flexibility index (Phi) is 5.14. The molecule has 5 heteroatoms. The van der Waals surface area contributed by atoms with Gasteiger partial charge < -0.3 is 15.0 Å². The summed E-state index contributed by atoms with van der Waals surface area (Å²) in [6.45, 7) is 10.3. The van der Waals surface area contributed by atoms with E-state index in [0.29, 0.717) is 5.92 Å². The molecule has 0 spiro atoms. The normalized spacial score (nSPS) is 20.0. The molecule has 2 fully saturated rings. The third-order valence-corrected chi connectivity index (χ3v) is 5.14. The highest BCUT2D eigenvalue weighted by Crippen LogP contribution is 2.44. The van der Waals surface area contributed by atoms with Crippen molar-refractivity contribution < 1.29 is 4.74 Å². The fourth-order valence-electron chi connectivity index (χ4n) is 2.70. The van der Waals surface area contributed by atoms with Crippen LogP contribution in [0.2, 0.25) is 0 Å². The highest BCUT2D eigenvalue weighted by atomic mass is 32.1. The lowest BCUT2D eigenvalue weighted by Crippen LogP contribution is -2.25. The number of ether oxygens (including phenoxy) is 1. The van der Waals surface area contributed by atoms with Crippen LogP contribution in [-0.4, -0.2) is 37.8 Å². The molecule has 1 aromatic heterocycles. The van der Waals surface area contributed by atoms with Crippen molar-refractivity contribution in [2.45, 2.75) is 45.6 Å². The zero-order valence-corrected chi connectivity index (χ0v) is 14.0. The third kappa shape index (κ3) is 4.18. The van der Waals surface area contributed by atoms with Crippen LogP contribution in [0, 0.1) is 5.92 Å². The van der Waals surface area contributed by atoms with Crippen molar-refractivity contribution in [3.05, 3.63) is 10.6 Å². The van der Waals surface area contributed by atoms with E-state index in [1.807, 2.05) is 11.3 Å². The van der Waals surface area contributed by atoms with Crippen LogP contribution in [0.15, 0.2) is 0 Å². The van der Waals surface area contributed by atoms with Gasteiger partial charge in [0.25, 0.3) is 0 Å². The molecule has 0 aromatic carbocycles. The first-order valence-corrected chi connectivity index (χ1v) is 9.08. The van der Waals surface area contributed by atoms with E-state index in [1.165, 1.54) is 28.5 Å². The summed E-state index contributed by atoms with van der Waals surface area (Å²) in [5.41, 5.74) is 1.37. The maximum absolute atomic E-state index is 5.56. The van der Waals surface area contributed by atoms with Gasteiger partial charge in [0.1, 0.15) is 0 Å². The summed E-state index contributed by atoms with van der Waals surface area (Å²) in [4.78, 5) is 8.85. The Morgan fingerprint density at radius 2 is 2.19 bits per heavy atom. The van der Waals surface area contributed by atoms with Crippen molar-refractivity contribution in [1.82, 2.24) is 10.3 Å². The zero-order valence-electron chi connectivity index (χ0n) is 13.2. The van der Waals surface area contributed by atoms with E-state index in [4.69, 9.17) is 9.72 Å². The Balaban J connectivity index is 1.69. The average molecular weight is 309 g/mol. The quantitative estimate of drug-likeness (QED) is 0.876. The summed E-state index contributed by atoms with van der Waals surface area (Å²) >= 11 is 1.89. The predicted octanol–water partition coefficient (Wildman–Crippen LogP) is 2.99. The molecule has 118 valence electrons. The molecule has 1 aliphatic heterocycles. The number of rotatable bonds is 6. The molecule has 21 heavy (non-hydrogen) atoms. The maximum atomic E-state index is 5.56. The second kappa shape index (κ2) is 7.07. The lowest BCUT2D eigenvalue weighted by molar-refractivity contribution is 0.152. The molecule has 2 heterocycles. The molecule has 0 amide bonds. The van der Waals surface area contributed by atoms with E-state index in [9.17, 15) is 0 Å². The summed E-state index contributed by atoms with van der Waals surface area (Å²) in [7, 11) is 0. The maximum Gasteiger partial charge on any atom is 0.185 e. The smallest absolute Gasteiger partial charge is 0.185 e. The average Bonchev–Trinajstić information content (AvgIpc) is 3.25. The lowest BCUT2D eigenvalue weighted by Gasteiger charge is -2.17. The first-order valence-electron chi connectivity index (χ1n) is 8.27. The summed E-state index contributed by atoms with van der Waals surface area (Å²) in [5.74, 6) is 1.43. The van der Waals surface area contributed by atoms with E-state index in [0.717, 1.165) is 51.7 Å². The van der Waals surface area contributed by atoms with Gasteiger partial charge in [0.05, 0.1) is 12.3 Å². The van der Waals surface area contributed by atoms with Crippen LogP contribution in [0.3, 0.4) is 0 Å². The molecular weight excluding hydrogens is 282 g/mol. The van der Waals surface area contributed by atoms with Gasteiger partial charge in [-0.15, -0.1) is 11.3 Å². The van der Waals surface area contributed by atoms with Gasteiger partial charge in [-0.25, -0.2) is 4.98 Å². The monoisotopic (exact) mass is 309 g/mol. The molecule has 0 unspecified atom stereocenters. The summed E-state index contributed by atoms with van der Waals surface area (Å²) in [6.07, 6.45) is 3.76. The number of anilines is 1. The van der Waals surface area contributed by atoms with Crippen LogP contribution in [0.25, 0.3) is 0 Å². The van der Waals surface area contributed by atoms with Crippen LogP contribution in [0.5, 0.6) is 0 Å². The molecule has 1 saturated carbocycles. The number of hydrogen-bond acceptors (Lipinski definition) is 5.